The Morgan fingerprint density at radius 3 is 1.65 bits per heavy atom. The van der Waals surface area contributed by atoms with Crippen LogP contribution < -0.4 is 0 Å². The molecule has 2 heteroatoms. The zero-order chi connectivity index (χ0) is 12.1. The van der Waals surface area contributed by atoms with Crippen LogP contribution in [-0.4, -0.2) is 28.4 Å². The summed E-state index contributed by atoms with van der Waals surface area (Å²) in [7, 11) is 0. The molecule has 0 spiro atoms. The molecule has 2 aliphatic rings. The first-order valence-corrected chi connectivity index (χ1v) is 8.78. The summed E-state index contributed by atoms with van der Waals surface area (Å²) >= 11 is 3.71. The molecule has 0 bridgehead atoms. The van der Waals surface area contributed by atoms with E-state index >= 15 is 0 Å². The van der Waals surface area contributed by atoms with Crippen LogP contribution in [0.25, 0.3) is 0 Å². The molecule has 1 nitrogen and oxygen atoms in total. The molecule has 0 amide bonds. The van der Waals surface area contributed by atoms with E-state index in [1.54, 1.807) is 0 Å². The first-order chi connectivity index (χ1) is 8.33. The van der Waals surface area contributed by atoms with Gasteiger partial charge in [0.05, 0.1) is 0 Å². The fourth-order valence-corrected chi connectivity index (χ4v) is 4.19. The van der Waals surface area contributed by atoms with Crippen LogP contribution in [0.2, 0.25) is 0 Å². The fraction of sp³-hybridized carbons (Fsp3) is 1.00. The molecule has 2 saturated carbocycles. The lowest BCUT2D eigenvalue weighted by molar-refractivity contribution is 0.0533. The molecule has 1 unspecified atom stereocenters. The van der Waals surface area contributed by atoms with Crippen LogP contribution in [0, 0.1) is 0 Å². The summed E-state index contributed by atoms with van der Waals surface area (Å²) in [6, 6.07) is 2.50. The molecule has 0 radical (unpaired) electrons. The molecule has 0 N–H and O–H groups in total. The summed E-state index contributed by atoms with van der Waals surface area (Å²) < 4.78 is 0. The molecule has 0 aromatic rings. The zero-order valence-corrected chi connectivity index (χ0v) is 12.9. The largest absolute Gasteiger partial charge is 0.294 e. The number of nitrogens with zero attached hydrogens (tertiary/aromatic N) is 1. The maximum Gasteiger partial charge on any atom is 0.0185 e. The third-order valence-electron chi connectivity index (χ3n) is 4.72. The summed E-state index contributed by atoms with van der Waals surface area (Å²) in [6.45, 7) is 2.41. The van der Waals surface area contributed by atoms with Crippen molar-refractivity contribution in [3.63, 3.8) is 0 Å². The summed E-state index contributed by atoms with van der Waals surface area (Å²) in [5, 5.41) is 1.14. The summed E-state index contributed by atoms with van der Waals surface area (Å²) in [6.07, 6.45) is 14.6. The van der Waals surface area contributed by atoms with Crippen molar-refractivity contribution in [2.75, 3.05) is 5.33 Å². The summed E-state index contributed by atoms with van der Waals surface area (Å²) in [5.74, 6) is 0. The summed E-state index contributed by atoms with van der Waals surface area (Å²) in [5.41, 5.74) is 0. The van der Waals surface area contributed by atoms with Crippen LogP contribution >= 0.6 is 15.9 Å². The van der Waals surface area contributed by atoms with Gasteiger partial charge in [0, 0.05) is 23.5 Å². The normalized spacial score (nSPS) is 26.3. The average Bonchev–Trinajstić information content (AvgIpc) is 2.41. The van der Waals surface area contributed by atoms with E-state index in [2.05, 4.69) is 27.8 Å². The number of hydrogen-bond donors (Lipinski definition) is 0. The standard InChI is InChI=1S/C15H28BrN/c1-13(12-16)17(14-8-4-2-5-9-14)15-10-6-3-7-11-15/h13-15H,2-12H2,1H3. The van der Waals surface area contributed by atoms with Gasteiger partial charge in [-0.15, -0.1) is 0 Å². The van der Waals surface area contributed by atoms with Crippen molar-refractivity contribution in [2.45, 2.75) is 89.3 Å². The van der Waals surface area contributed by atoms with E-state index in [0.29, 0.717) is 0 Å². The van der Waals surface area contributed by atoms with Crippen LogP contribution in [0.15, 0.2) is 0 Å². The Hall–Kier alpha value is 0.440. The fourth-order valence-electron chi connectivity index (χ4n) is 3.86. The van der Waals surface area contributed by atoms with Gasteiger partial charge in [-0.1, -0.05) is 54.5 Å². The smallest absolute Gasteiger partial charge is 0.0185 e. The Balaban J connectivity index is 2.00. The third-order valence-corrected chi connectivity index (χ3v) is 5.66. The van der Waals surface area contributed by atoms with Gasteiger partial charge >= 0.3 is 0 Å². The van der Waals surface area contributed by atoms with Gasteiger partial charge in [-0.05, 0) is 32.6 Å². The molecule has 17 heavy (non-hydrogen) atoms. The van der Waals surface area contributed by atoms with Crippen LogP contribution in [-0.2, 0) is 0 Å². The third kappa shape index (κ3) is 3.70. The Labute approximate surface area is 115 Å². The minimum atomic E-state index is 0.723. The summed E-state index contributed by atoms with van der Waals surface area (Å²) in [4.78, 5) is 2.90. The highest BCUT2D eigenvalue weighted by Crippen LogP contribution is 2.32. The van der Waals surface area contributed by atoms with Gasteiger partial charge < -0.3 is 0 Å². The highest BCUT2D eigenvalue weighted by Gasteiger charge is 2.31. The molecular weight excluding hydrogens is 274 g/mol. The second-order valence-corrected chi connectivity index (χ2v) is 6.68. The number of rotatable bonds is 4. The van der Waals surface area contributed by atoms with Gasteiger partial charge in [-0.2, -0.15) is 0 Å². The average molecular weight is 302 g/mol. The van der Waals surface area contributed by atoms with Crippen LogP contribution in [0.4, 0.5) is 0 Å². The molecule has 0 aliphatic heterocycles. The molecule has 2 rings (SSSR count). The molecule has 0 aromatic carbocycles. The predicted molar refractivity (Wildman–Crippen MR) is 78.8 cm³/mol. The molecule has 0 saturated heterocycles. The zero-order valence-electron chi connectivity index (χ0n) is 11.3. The minimum absolute atomic E-state index is 0.723. The van der Waals surface area contributed by atoms with Crippen molar-refractivity contribution >= 4 is 15.9 Å². The highest BCUT2D eigenvalue weighted by atomic mass is 79.9. The lowest BCUT2D eigenvalue weighted by Crippen LogP contribution is -2.50. The molecule has 100 valence electrons. The lowest BCUT2D eigenvalue weighted by atomic mass is 9.87. The van der Waals surface area contributed by atoms with E-state index in [-0.39, 0.29) is 0 Å². The molecule has 1 atom stereocenters. The van der Waals surface area contributed by atoms with E-state index in [9.17, 15) is 0 Å². The van der Waals surface area contributed by atoms with Crippen LogP contribution in [0.3, 0.4) is 0 Å². The van der Waals surface area contributed by atoms with Gasteiger partial charge in [0.15, 0.2) is 0 Å². The Morgan fingerprint density at radius 1 is 0.882 bits per heavy atom. The van der Waals surface area contributed by atoms with E-state index in [1.165, 1.54) is 64.2 Å². The van der Waals surface area contributed by atoms with Crippen molar-refractivity contribution < 1.29 is 0 Å². The van der Waals surface area contributed by atoms with E-state index < -0.39 is 0 Å². The highest BCUT2D eigenvalue weighted by molar-refractivity contribution is 9.09. The van der Waals surface area contributed by atoms with Gasteiger partial charge in [0.1, 0.15) is 0 Å². The molecular formula is C15H28BrN. The first-order valence-electron chi connectivity index (χ1n) is 7.66. The Bertz CT molecular complexity index is 189. The maximum absolute atomic E-state index is 3.71. The van der Waals surface area contributed by atoms with Crippen molar-refractivity contribution in [1.29, 1.82) is 0 Å². The van der Waals surface area contributed by atoms with E-state index in [1.807, 2.05) is 0 Å². The molecule has 2 fully saturated rings. The Morgan fingerprint density at radius 2 is 1.29 bits per heavy atom. The van der Waals surface area contributed by atoms with Crippen molar-refractivity contribution in [1.82, 2.24) is 4.90 Å². The van der Waals surface area contributed by atoms with Crippen LogP contribution in [0.5, 0.6) is 0 Å². The molecule has 2 aliphatic carbocycles. The quantitative estimate of drug-likeness (QED) is 0.678. The number of alkyl halides is 1. The van der Waals surface area contributed by atoms with Gasteiger partial charge in [-0.25, -0.2) is 0 Å². The molecule has 0 heterocycles. The van der Waals surface area contributed by atoms with Gasteiger partial charge in [0.2, 0.25) is 0 Å². The Kier molecular flexibility index (Phi) is 5.82. The minimum Gasteiger partial charge on any atom is -0.294 e. The second-order valence-electron chi connectivity index (χ2n) is 6.03. The molecule has 0 aromatic heterocycles. The van der Waals surface area contributed by atoms with Crippen molar-refractivity contribution in [2.24, 2.45) is 0 Å². The predicted octanol–water partition coefficient (Wildman–Crippen LogP) is 4.74. The lowest BCUT2D eigenvalue weighted by Gasteiger charge is -2.44. The topological polar surface area (TPSA) is 3.24 Å². The van der Waals surface area contributed by atoms with E-state index in [4.69, 9.17) is 0 Å². The second kappa shape index (κ2) is 7.13. The van der Waals surface area contributed by atoms with Gasteiger partial charge in [-0.3, -0.25) is 4.90 Å². The van der Waals surface area contributed by atoms with E-state index in [0.717, 1.165) is 23.5 Å². The van der Waals surface area contributed by atoms with Crippen molar-refractivity contribution in [3.05, 3.63) is 0 Å². The number of hydrogen-bond acceptors (Lipinski definition) is 1. The number of halogens is 1. The first kappa shape index (κ1) is 13.9. The monoisotopic (exact) mass is 301 g/mol. The van der Waals surface area contributed by atoms with Crippen molar-refractivity contribution in [3.8, 4) is 0 Å². The van der Waals surface area contributed by atoms with Gasteiger partial charge in [0.25, 0.3) is 0 Å². The maximum atomic E-state index is 3.71. The van der Waals surface area contributed by atoms with Crippen LogP contribution in [0.1, 0.15) is 71.1 Å². The SMILES string of the molecule is CC(CBr)N(C1CCCCC1)C1CCCCC1.